The maximum absolute atomic E-state index is 6.46. The molecule has 3 nitrogen and oxygen atoms in total. The number of nitrogens with zero attached hydrogens (tertiary/aromatic N) is 2. The van der Waals surface area contributed by atoms with Crippen molar-refractivity contribution in [3.63, 3.8) is 0 Å². The minimum absolute atomic E-state index is 0.359. The minimum atomic E-state index is 0.359. The summed E-state index contributed by atoms with van der Waals surface area (Å²) in [6, 6.07) is 0.359. The van der Waals surface area contributed by atoms with Gasteiger partial charge in [-0.15, -0.1) is 0 Å². The highest BCUT2D eigenvalue weighted by atomic mass is 35.5. The molecule has 2 N–H and O–H groups in total. The highest BCUT2D eigenvalue weighted by Crippen LogP contribution is 2.35. The summed E-state index contributed by atoms with van der Waals surface area (Å²) >= 11 is 6.46. The fourth-order valence-electron chi connectivity index (χ4n) is 3.03. The molecule has 1 aromatic rings. The van der Waals surface area contributed by atoms with E-state index in [0.717, 1.165) is 36.5 Å². The maximum Gasteiger partial charge on any atom is 0.0849 e. The Kier molecular flexibility index (Phi) is 4.33. The molecule has 1 fully saturated rings. The number of nitrogens with two attached hydrogens (primary N) is 1. The molecule has 0 bridgehead atoms. The predicted molar refractivity (Wildman–Crippen MR) is 75.9 cm³/mol. The molecule has 0 radical (unpaired) electrons. The normalized spacial score (nSPS) is 27.9. The van der Waals surface area contributed by atoms with Crippen molar-refractivity contribution in [3.8, 4) is 0 Å². The molecule has 0 amide bonds. The summed E-state index contributed by atoms with van der Waals surface area (Å²) in [6.45, 7) is 7.38. The van der Waals surface area contributed by atoms with Crippen LogP contribution in [0.25, 0.3) is 0 Å². The van der Waals surface area contributed by atoms with Crippen molar-refractivity contribution in [1.82, 2.24) is 9.78 Å². The van der Waals surface area contributed by atoms with Crippen LogP contribution in [0, 0.1) is 11.8 Å². The van der Waals surface area contributed by atoms with Crippen molar-refractivity contribution in [2.45, 2.75) is 59.0 Å². The first-order chi connectivity index (χ1) is 8.58. The van der Waals surface area contributed by atoms with E-state index in [1.54, 1.807) is 0 Å². The van der Waals surface area contributed by atoms with Crippen molar-refractivity contribution < 1.29 is 0 Å². The lowest BCUT2D eigenvalue weighted by molar-refractivity contribution is 0.380. The smallest absolute Gasteiger partial charge is 0.0849 e. The second kappa shape index (κ2) is 5.62. The third-order valence-electron chi connectivity index (χ3n) is 4.44. The molecule has 0 aromatic carbocycles. The van der Waals surface area contributed by atoms with E-state index in [4.69, 9.17) is 17.3 Å². The van der Waals surface area contributed by atoms with Gasteiger partial charge in [-0.05, 0) is 44.4 Å². The summed E-state index contributed by atoms with van der Waals surface area (Å²) in [5, 5.41) is 5.47. The van der Waals surface area contributed by atoms with Gasteiger partial charge in [-0.2, -0.15) is 5.10 Å². The third-order valence-corrected chi connectivity index (χ3v) is 4.88. The maximum atomic E-state index is 6.46. The SMILES string of the molecule is CCc1nn(CC)c(CC2CCC(N)C2C)c1Cl. The van der Waals surface area contributed by atoms with Crippen molar-refractivity contribution in [1.29, 1.82) is 0 Å². The van der Waals surface area contributed by atoms with Gasteiger partial charge >= 0.3 is 0 Å². The van der Waals surface area contributed by atoms with Crippen molar-refractivity contribution in [2.75, 3.05) is 0 Å². The zero-order valence-corrected chi connectivity index (χ0v) is 12.4. The van der Waals surface area contributed by atoms with Gasteiger partial charge in [0.2, 0.25) is 0 Å². The van der Waals surface area contributed by atoms with Gasteiger partial charge in [-0.25, -0.2) is 0 Å². The van der Waals surface area contributed by atoms with E-state index in [1.165, 1.54) is 12.1 Å². The Morgan fingerprint density at radius 1 is 1.39 bits per heavy atom. The summed E-state index contributed by atoms with van der Waals surface area (Å²) in [6.07, 6.45) is 4.28. The van der Waals surface area contributed by atoms with Crippen LogP contribution in [0.15, 0.2) is 0 Å². The third kappa shape index (κ3) is 2.43. The van der Waals surface area contributed by atoms with Crippen LogP contribution in [0.3, 0.4) is 0 Å². The topological polar surface area (TPSA) is 43.8 Å². The summed E-state index contributed by atoms with van der Waals surface area (Å²) in [4.78, 5) is 0. The number of hydrogen-bond acceptors (Lipinski definition) is 2. The van der Waals surface area contributed by atoms with Gasteiger partial charge in [-0.1, -0.05) is 25.4 Å². The molecule has 3 atom stereocenters. The molecule has 2 rings (SSSR count). The molecule has 1 saturated carbocycles. The molecule has 1 aliphatic rings. The Balaban J connectivity index is 2.20. The molecule has 102 valence electrons. The van der Waals surface area contributed by atoms with Crippen LogP contribution < -0.4 is 5.73 Å². The van der Waals surface area contributed by atoms with E-state index >= 15 is 0 Å². The fraction of sp³-hybridized carbons (Fsp3) is 0.786. The molecule has 3 unspecified atom stereocenters. The molecule has 1 aliphatic carbocycles. The largest absolute Gasteiger partial charge is 0.327 e. The summed E-state index contributed by atoms with van der Waals surface area (Å²) in [7, 11) is 0. The van der Waals surface area contributed by atoms with Crippen molar-refractivity contribution >= 4 is 11.6 Å². The van der Waals surface area contributed by atoms with Gasteiger partial charge in [0.15, 0.2) is 0 Å². The van der Waals surface area contributed by atoms with Gasteiger partial charge in [0.1, 0.15) is 0 Å². The first-order valence-corrected chi connectivity index (χ1v) is 7.45. The minimum Gasteiger partial charge on any atom is -0.327 e. The summed E-state index contributed by atoms with van der Waals surface area (Å²) in [5.74, 6) is 1.25. The standard InChI is InChI=1S/C14H24ClN3/c1-4-12-14(15)13(18(5-2)17-12)8-10-6-7-11(16)9(10)3/h9-11H,4-8,16H2,1-3H3. The molecular formula is C14H24ClN3. The lowest BCUT2D eigenvalue weighted by Gasteiger charge is -2.18. The molecule has 4 heteroatoms. The summed E-state index contributed by atoms with van der Waals surface area (Å²) in [5.41, 5.74) is 8.35. The van der Waals surface area contributed by atoms with E-state index in [-0.39, 0.29) is 0 Å². The quantitative estimate of drug-likeness (QED) is 0.913. The fourth-order valence-corrected chi connectivity index (χ4v) is 3.38. The van der Waals surface area contributed by atoms with Gasteiger partial charge in [0.25, 0.3) is 0 Å². The lowest BCUT2D eigenvalue weighted by Crippen LogP contribution is -2.26. The van der Waals surface area contributed by atoms with Gasteiger partial charge in [-0.3, -0.25) is 4.68 Å². The van der Waals surface area contributed by atoms with Gasteiger partial charge in [0.05, 0.1) is 16.4 Å². The molecule has 1 aromatic heterocycles. The van der Waals surface area contributed by atoms with E-state index in [9.17, 15) is 0 Å². The number of halogens is 1. The molecule has 0 aliphatic heterocycles. The Morgan fingerprint density at radius 3 is 2.61 bits per heavy atom. The van der Waals surface area contributed by atoms with Crippen LogP contribution in [0.5, 0.6) is 0 Å². The van der Waals surface area contributed by atoms with E-state index < -0.39 is 0 Å². The Hall–Kier alpha value is -0.540. The Labute approximate surface area is 115 Å². The van der Waals surface area contributed by atoms with E-state index in [2.05, 4.69) is 30.6 Å². The molecule has 0 spiro atoms. The average molecular weight is 270 g/mol. The van der Waals surface area contributed by atoms with Crippen molar-refractivity contribution in [2.24, 2.45) is 17.6 Å². The molecule has 18 heavy (non-hydrogen) atoms. The van der Waals surface area contributed by atoms with Crippen LogP contribution in [0.2, 0.25) is 5.02 Å². The number of rotatable bonds is 4. The zero-order chi connectivity index (χ0) is 13.3. The average Bonchev–Trinajstić information content (AvgIpc) is 2.85. The van der Waals surface area contributed by atoms with Gasteiger partial charge < -0.3 is 5.73 Å². The summed E-state index contributed by atoms with van der Waals surface area (Å²) < 4.78 is 2.07. The highest BCUT2D eigenvalue weighted by Gasteiger charge is 2.31. The second-order valence-corrected chi connectivity index (χ2v) is 5.82. The molecule has 1 heterocycles. The highest BCUT2D eigenvalue weighted by molar-refractivity contribution is 6.31. The van der Waals surface area contributed by atoms with Crippen LogP contribution in [-0.4, -0.2) is 15.8 Å². The first-order valence-electron chi connectivity index (χ1n) is 7.08. The molecule has 0 saturated heterocycles. The van der Waals surface area contributed by atoms with Gasteiger partial charge in [0, 0.05) is 12.6 Å². The van der Waals surface area contributed by atoms with Crippen LogP contribution >= 0.6 is 11.6 Å². The first kappa shape index (κ1) is 13.9. The number of aromatic nitrogens is 2. The lowest BCUT2D eigenvalue weighted by atomic mass is 9.91. The Morgan fingerprint density at radius 2 is 2.11 bits per heavy atom. The van der Waals surface area contributed by atoms with Crippen LogP contribution in [0.1, 0.15) is 45.0 Å². The second-order valence-electron chi connectivity index (χ2n) is 5.44. The molecular weight excluding hydrogens is 246 g/mol. The van der Waals surface area contributed by atoms with Crippen LogP contribution in [0.4, 0.5) is 0 Å². The van der Waals surface area contributed by atoms with Crippen molar-refractivity contribution in [3.05, 3.63) is 16.4 Å². The zero-order valence-electron chi connectivity index (χ0n) is 11.6. The number of hydrogen-bond donors (Lipinski definition) is 1. The van der Waals surface area contributed by atoms with Crippen LogP contribution in [-0.2, 0) is 19.4 Å². The Bertz CT molecular complexity index is 413. The van der Waals surface area contributed by atoms with E-state index in [0.29, 0.717) is 17.9 Å². The number of aryl methyl sites for hydroxylation is 2. The monoisotopic (exact) mass is 269 g/mol. The van der Waals surface area contributed by atoms with E-state index in [1.807, 2.05) is 0 Å². The predicted octanol–water partition coefficient (Wildman–Crippen LogP) is 3.03.